The molecule has 1 aliphatic carbocycles. The smallest absolute Gasteiger partial charge is 0.230 e. The summed E-state index contributed by atoms with van der Waals surface area (Å²) < 4.78 is 14.9. The summed E-state index contributed by atoms with van der Waals surface area (Å²) in [4.78, 5) is 12.9. The lowest BCUT2D eigenvalue weighted by molar-refractivity contribution is -0.118. The molecule has 7 heteroatoms. The summed E-state index contributed by atoms with van der Waals surface area (Å²) in [6, 6.07) is 10.5. The van der Waals surface area contributed by atoms with Crippen LogP contribution in [0, 0.1) is 5.82 Å². The van der Waals surface area contributed by atoms with Crippen molar-refractivity contribution in [3.8, 4) is 11.3 Å². The van der Waals surface area contributed by atoms with E-state index in [4.69, 9.17) is 5.10 Å². The highest BCUT2D eigenvalue weighted by molar-refractivity contribution is 8.00. The van der Waals surface area contributed by atoms with Gasteiger partial charge in [-0.05, 0) is 54.6 Å². The number of rotatable bonds is 8. The number of carbonyl (C=O) groups excluding carboxylic acids is 1. The minimum absolute atomic E-state index is 0.0255. The molecule has 1 N–H and O–H groups in total. The second-order valence-electron chi connectivity index (χ2n) is 6.56. The molecule has 3 aromatic rings. The summed E-state index contributed by atoms with van der Waals surface area (Å²) in [6.07, 6.45) is 2.44. The number of nitrogens with zero attached hydrogens (tertiary/aromatic N) is 2. The van der Waals surface area contributed by atoms with Gasteiger partial charge in [-0.3, -0.25) is 9.48 Å². The third-order valence-electron chi connectivity index (χ3n) is 4.45. The Morgan fingerprint density at radius 3 is 2.81 bits per heavy atom. The second kappa shape index (κ2) is 8.27. The molecule has 0 aliphatic heterocycles. The first kappa shape index (κ1) is 18.3. The number of nitrogens with one attached hydrogen (secondary N) is 1. The van der Waals surface area contributed by atoms with Crippen LogP contribution >= 0.6 is 23.1 Å². The van der Waals surface area contributed by atoms with E-state index in [2.05, 4.69) is 28.2 Å². The minimum atomic E-state index is -0.267. The molecular formula is C20H20FN3OS2. The summed E-state index contributed by atoms with van der Waals surface area (Å²) in [7, 11) is 0. The maximum absolute atomic E-state index is 12.9. The summed E-state index contributed by atoms with van der Waals surface area (Å²) >= 11 is 3.07. The fourth-order valence-corrected chi connectivity index (χ4v) is 4.28. The molecule has 0 atom stereocenters. The Bertz CT molecular complexity index is 902. The molecule has 0 unspecified atom stereocenters. The van der Waals surface area contributed by atoms with Crippen LogP contribution in [0.5, 0.6) is 0 Å². The summed E-state index contributed by atoms with van der Waals surface area (Å²) in [5.41, 5.74) is 3.43. The Morgan fingerprint density at radius 1 is 1.30 bits per heavy atom. The average Bonchev–Trinajstić information content (AvgIpc) is 3.19. The van der Waals surface area contributed by atoms with Crippen LogP contribution in [-0.4, -0.2) is 28.0 Å². The fourth-order valence-electron chi connectivity index (χ4n) is 2.90. The zero-order chi connectivity index (χ0) is 18.6. The van der Waals surface area contributed by atoms with Gasteiger partial charge >= 0.3 is 0 Å². The van der Waals surface area contributed by atoms with Crippen molar-refractivity contribution in [2.45, 2.75) is 30.2 Å². The number of aromatic nitrogens is 2. The maximum atomic E-state index is 12.9. The molecule has 0 radical (unpaired) electrons. The van der Waals surface area contributed by atoms with E-state index in [1.165, 1.54) is 42.4 Å². The first-order valence-corrected chi connectivity index (χ1v) is 10.9. The van der Waals surface area contributed by atoms with E-state index in [9.17, 15) is 9.18 Å². The molecule has 1 amide bonds. The Labute approximate surface area is 165 Å². The van der Waals surface area contributed by atoms with Crippen LogP contribution in [0.3, 0.4) is 0 Å². The van der Waals surface area contributed by atoms with Gasteiger partial charge in [0.25, 0.3) is 0 Å². The first-order chi connectivity index (χ1) is 13.2. The number of thiophene rings is 1. The first-order valence-electron chi connectivity index (χ1n) is 8.94. The lowest BCUT2D eigenvalue weighted by Crippen LogP contribution is -2.29. The number of hydrogen-bond donors (Lipinski definition) is 1. The van der Waals surface area contributed by atoms with Crippen LogP contribution < -0.4 is 5.32 Å². The molecule has 0 bridgehead atoms. The van der Waals surface area contributed by atoms with E-state index < -0.39 is 0 Å². The van der Waals surface area contributed by atoms with Gasteiger partial charge in [0.2, 0.25) is 5.91 Å². The molecule has 1 fully saturated rings. The summed E-state index contributed by atoms with van der Waals surface area (Å²) in [6.45, 7) is 1.22. The normalized spacial score (nSPS) is 13.7. The van der Waals surface area contributed by atoms with E-state index in [0.29, 0.717) is 24.8 Å². The molecular weight excluding hydrogens is 381 g/mol. The number of hydrogen-bond acceptors (Lipinski definition) is 4. The molecule has 2 aromatic heterocycles. The lowest BCUT2D eigenvalue weighted by atomic mass is 10.2. The molecule has 140 valence electrons. The second-order valence-corrected chi connectivity index (χ2v) is 8.39. The van der Waals surface area contributed by atoms with Crippen molar-refractivity contribution in [2.24, 2.45) is 0 Å². The molecule has 1 aliphatic rings. The van der Waals surface area contributed by atoms with E-state index in [0.717, 1.165) is 16.2 Å². The quantitative estimate of drug-likeness (QED) is 0.564. The van der Waals surface area contributed by atoms with Crippen LogP contribution in [0.1, 0.15) is 24.5 Å². The van der Waals surface area contributed by atoms with E-state index >= 15 is 0 Å². The van der Waals surface area contributed by atoms with Gasteiger partial charge < -0.3 is 5.32 Å². The summed E-state index contributed by atoms with van der Waals surface area (Å²) in [5, 5.41) is 11.9. The number of amides is 1. The number of halogens is 1. The van der Waals surface area contributed by atoms with E-state index in [-0.39, 0.29) is 11.7 Å². The zero-order valence-electron chi connectivity index (χ0n) is 14.7. The van der Waals surface area contributed by atoms with Gasteiger partial charge in [0, 0.05) is 34.0 Å². The highest BCUT2D eigenvalue weighted by Crippen LogP contribution is 2.41. The average molecular weight is 402 g/mol. The minimum Gasteiger partial charge on any atom is -0.354 e. The van der Waals surface area contributed by atoms with Crippen LogP contribution in [0.2, 0.25) is 0 Å². The number of benzene rings is 1. The van der Waals surface area contributed by atoms with Gasteiger partial charge in [-0.1, -0.05) is 0 Å². The van der Waals surface area contributed by atoms with Crippen molar-refractivity contribution < 1.29 is 9.18 Å². The van der Waals surface area contributed by atoms with Crippen LogP contribution in [0.25, 0.3) is 11.3 Å². The van der Waals surface area contributed by atoms with Gasteiger partial charge in [0.1, 0.15) is 5.82 Å². The topological polar surface area (TPSA) is 46.9 Å². The third-order valence-corrected chi connectivity index (χ3v) is 6.15. The molecule has 1 saturated carbocycles. The highest BCUT2D eigenvalue weighted by atomic mass is 32.2. The molecule has 1 aromatic carbocycles. The lowest BCUT2D eigenvalue weighted by Gasteiger charge is -2.08. The fraction of sp³-hybridized carbons (Fsp3) is 0.300. The van der Waals surface area contributed by atoms with Crippen LogP contribution in [-0.2, 0) is 11.3 Å². The monoisotopic (exact) mass is 401 g/mol. The van der Waals surface area contributed by atoms with Gasteiger partial charge in [0.05, 0.1) is 18.0 Å². The van der Waals surface area contributed by atoms with Crippen LogP contribution in [0.4, 0.5) is 4.39 Å². The largest absolute Gasteiger partial charge is 0.354 e. The third kappa shape index (κ3) is 4.78. The van der Waals surface area contributed by atoms with Crippen LogP contribution in [0.15, 0.2) is 52.1 Å². The van der Waals surface area contributed by atoms with Crippen molar-refractivity contribution in [3.63, 3.8) is 0 Å². The SMILES string of the molecule is O=C(CSc1ccc(F)cc1)NCCn1nc(-c2ccsc2)cc1C1CC1. The maximum Gasteiger partial charge on any atom is 0.230 e. The van der Waals surface area contributed by atoms with Gasteiger partial charge in [-0.2, -0.15) is 16.4 Å². The van der Waals surface area contributed by atoms with Gasteiger partial charge in [-0.25, -0.2) is 4.39 Å². The predicted molar refractivity (Wildman–Crippen MR) is 108 cm³/mol. The molecule has 27 heavy (non-hydrogen) atoms. The zero-order valence-corrected chi connectivity index (χ0v) is 16.4. The summed E-state index contributed by atoms with van der Waals surface area (Å²) in [5.74, 6) is 0.633. The van der Waals surface area contributed by atoms with Crippen molar-refractivity contribution in [1.29, 1.82) is 0 Å². The van der Waals surface area contributed by atoms with Gasteiger partial charge in [0.15, 0.2) is 0 Å². The molecule has 2 heterocycles. The molecule has 4 rings (SSSR count). The highest BCUT2D eigenvalue weighted by Gasteiger charge is 2.28. The Balaban J connectivity index is 1.29. The molecule has 4 nitrogen and oxygen atoms in total. The Hall–Kier alpha value is -2.12. The van der Waals surface area contributed by atoms with E-state index in [1.807, 2.05) is 4.68 Å². The standard InChI is InChI=1S/C20H20FN3OS2/c21-16-3-5-17(6-4-16)27-13-20(25)22-8-9-24-19(14-1-2-14)11-18(23-24)15-7-10-26-12-15/h3-7,10-12,14H,1-2,8-9,13H2,(H,22,25). The number of carbonyl (C=O) groups is 1. The van der Waals surface area contributed by atoms with Gasteiger partial charge in [-0.15, -0.1) is 11.8 Å². The Kier molecular flexibility index (Phi) is 5.59. The predicted octanol–water partition coefficient (Wildman–Crippen LogP) is 4.54. The van der Waals surface area contributed by atoms with Crippen molar-refractivity contribution >= 4 is 29.0 Å². The van der Waals surface area contributed by atoms with Crippen molar-refractivity contribution in [2.75, 3.05) is 12.3 Å². The number of thioether (sulfide) groups is 1. The molecule has 0 spiro atoms. The molecule has 0 saturated heterocycles. The van der Waals surface area contributed by atoms with Crippen molar-refractivity contribution in [3.05, 3.63) is 58.7 Å². The Morgan fingerprint density at radius 2 is 2.11 bits per heavy atom. The van der Waals surface area contributed by atoms with Crippen molar-refractivity contribution in [1.82, 2.24) is 15.1 Å². The van der Waals surface area contributed by atoms with E-state index in [1.54, 1.807) is 23.5 Å².